The highest BCUT2D eigenvalue weighted by Crippen LogP contribution is 2.33. The van der Waals surface area contributed by atoms with Gasteiger partial charge in [-0.15, -0.1) is 0 Å². The molecule has 5 aromatic rings. The predicted molar refractivity (Wildman–Crippen MR) is 174 cm³/mol. The number of rotatable bonds is 11. The minimum Gasteiger partial charge on any atom is -0.487 e. The van der Waals surface area contributed by atoms with Gasteiger partial charge in [0.05, 0.1) is 10.5 Å². The lowest BCUT2D eigenvalue weighted by molar-refractivity contribution is 0.125. The third-order valence-corrected chi connectivity index (χ3v) is 8.85. The molecule has 0 bridgehead atoms. The van der Waals surface area contributed by atoms with Crippen LogP contribution < -0.4 is 10.1 Å². The van der Waals surface area contributed by atoms with Gasteiger partial charge < -0.3 is 19.5 Å². The van der Waals surface area contributed by atoms with E-state index in [2.05, 4.69) is 60.2 Å². The second kappa shape index (κ2) is 12.9. The number of ether oxygens (including phenoxy) is 1. The van der Waals surface area contributed by atoms with E-state index >= 15 is 0 Å². The summed E-state index contributed by atoms with van der Waals surface area (Å²) in [5, 5.41) is 4.77. The Bertz CT molecular complexity index is 1750. The van der Waals surface area contributed by atoms with Gasteiger partial charge in [-0.1, -0.05) is 29.8 Å². The lowest BCUT2D eigenvalue weighted by Gasteiger charge is -2.34. The minimum absolute atomic E-state index is 0.225. The van der Waals surface area contributed by atoms with Gasteiger partial charge in [0, 0.05) is 69.3 Å². The second-order valence-electron chi connectivity index (χ2n) is 11.9. The SMILES string of the molecule is Fc1cccc(COc2ccc(Nc3ncnc4ccc(-c5ccn(CCN6CCN(CC7CC7)CC6)c5)cc34)cc2Cl)c1. The number of anilines is 2. The highest BCUT2D eigenvalue weighted by atomic mass is 35.5. The van der Waals surface area contributed by atoms with E-state index in [0.29, 0.717) is 16.6 Å². The van der Waals surface area contributed by atoms with Gasteiger partial charge in [-0.25, -0.2) is 14.4 Å². The third-order valence-electron chi connectivity index (χ3n) is 8.55. The van der Waals surface area contributed by atoms with Crippen molar-refractivity contribution >= 4 is 34.0 Å². The maximum Gasteiger partial charge on any atom is 0.141 e. The molecule has 44 heavy (non-hydrogen) atoms. The standard InChI is InChI=1S/C35H36ClFN6O/c36-32-20-30(7-9-34(32)44-23-26-2-1-3-29(37)18-26)40-35-31-19-27(6-8-33(31)38-24-39-35)28-10-11-42(22-28)15-12-41-13-16-43(17-14-41)21-25-4-5-25/h1-3,6-11,18-20,22,24-25H,4-5,12-17,21,23H2,(H,38,39,40). The molecule has 226 valence electrons. The molecular formula is C35H36ClFN6O. The van der Waals surface area contributed by atoms with Crippen molar-refractivity contribution in [2.45, 2.75) is 26.0 Å². The van der Waals surface area contributed by atoms with Gasteiger partial charge in [0.25, 0.3) is 0 Å². The maximum atomic E-state index is 13.5. The Morgan fingerprint density at radius 2 is 1.75 bits per heavy atom. The number of nitrogens with zero attached hydrogens (tertiary/aromatic N) is 5. The molecule has 1 saturated carbocycles. The summed E-state index contributed by atoms with van der Waals surface area (Å²) in [5.74, 6) is 1.90. The van der Waals surface area contributed by atoms with Crippen LogP contribution in [0, 0.1) is 11.7 Å². The smallest absolute Gasteiger partial charge is 0.141 e. The van der Waals surface area contributed by atoms with Gasteiger partial charge in [-0.3, -0.25) is 4.90 Å². The molecule has 2 aromatic heterocycles. The molecule has 7 nitrogen and oxygen atoms in total. The van der Waals surface area contributed by atoms with Crippen molar-refractivity contribution < 1.29 is 9.13 Å². The van der Waals surface area contributed by atoms with E-state index in [1.807, 2.05) is 18.2 Å². The number of piperazine rings is 1. The third kappa shape index (κ3) is 7.04. The predicted octanol–water partition coefficient (Wildman–Crippen LogP) is 7.24. The number of benzene rings is 3. The van der Waals surface area contributed by atoms with Crippen LogP contribution in [0.4, 0.5) is 15.9 Å². The molecule has 1 aliphatic carbocycles. The van der Waals surface area contributed by atoms with Gasteiger partial charge in [-0.2, -0.15) is 0 Å². The summed E-state index contributed by atoms with van der Waals surface area (Å²) in [5.41, 5.74) is 4.64. The van der Waals surface area contributed by atoms with Crippen molar-refractivity contribution in [2.24, 2.45) is 5.92 Å². The zero-order valence-corrected chi connectivity index (χ0v) is 25.4. The first-order chi connectivity index (χ1) is 21.6. The van der Waals surface area contributed by atoms with Crippen LogP contribution in [0.1, 0.15) is 18.4 Å². The summed E-state index contributed by atoms with van der Waals surface area (Å²) < 4.78 is 21.6. The number of fused-ring (bicyclic) bond motifs is 1. The summed E-state index contributed by atoms with van der Waals surface area (Å²) in [4.78, 5) is 14.2. The first-order valence-electron chi connectivity index (χ1n) is 15.4. The van der Waals surface area contributed by atoms with Crippen LogP contribution in [0.15, 0.2) is 85.5 Å². The van der Waals surface area contributed by atoms with Crippen molar-refractivity contribution in [3.63, 3.8) is 0 Å². The first kappa shape index (κ1) is 28.8. The molecule has 2 fully saturated rings. The number of aromatic nitrogens is 3. The molecule has 0 atom stereocenters. The highest BCUT2D eigenvalue weighted by molar-refractivity contribution is 6.32. The van der Waals surface area contributed by atoms with E-state index in [-0.39, 0.29) is 12.4 Å². The van der Waals surface area contributed by atoms with Crippen LogP contribution in [0.3, 0.4) is 0 Å². The van der Waals surface area contributed by atoms with E-state index in [0.717, 1.165) is 59.8 Å². The van der Waals surface area contributed by atoms with E-state index in [1.54, 1.807) is 24.5 Å². The van der Waals surface area contributed by atoms with Crippen LogP contribution in [0.25, 0.3) is 22.0 Å². The molecule has 0 amide bonds. The molecule has 3 aromatic carbocycles. The molecule has 0 radical (unpaired) electrons. The topological polar surface area (TPSA) is 58.5 Å². The Hall–Kier alpha value is -3.98. The molecule has 3 heterocycles. The zero-order valence-electron chi connectivity index (χ0n) is 24.6. The largest absolute Gasteiger partial charge is 0.487 e. The quantitative estimate of drug-likeness (QED) is 0.170. The molecule has 9 heteroatoms. The van der Waals surface area contributed by atoms with Crippen LogP contribution >= 0.6 is 11.6 Å². The fourth-order valence-electron chi connectivity index (χ4n) is 5.82. The maximum absolute atomic E-state index is 13.5. The number of hydrogen-bond donors (Lipinski definition) is 1. The van der Waals surface area contributed by atoms with Crippen LogP contribution in [0.2, 0.25) is 5.02 Å². The Kier molecular flexibility index (Phi) is 8.46. The monoisotopic (exact) mass is 610 g/mol. The summed E-state index contributed by atoms with van der Waals surface area (Å²) in [6, 6.07) is 20.3. The normalized spacial score (nSPS) is 16.0. The number of hydrogen-bond acceptors (Lipinski definition) is 6. The number of halogens is 2. The summed E-state index contributed by atoms with van der Waals surface area (Å²) in [6.07, 6.45) is 8.81. The van der Waals surface area contributed by atoms with Crippen molar-refractivity contribution in [1.29, 1.82) is 0 Å². The Morgan fingerprint density at radius 3 is 2.57 bits per heavy atom. The van der Waals surface area contributed by atoms with Crippen LogP contribution in [-0.2, 0) is 13.2 Å². The first-order valence-corrected chi connectivity index (χ1v) is 15.7. The molecule has 0 spiro atoms. The van der Waals surface area contributed by atoms with Gasteiger partial charge >= 0.3 is 0 Å². The van der Waals surface area contributed by atoms with Crippen LogP contribution in [-0.4, -0.2) is 63.6 Å². The Labute approximate surface area is 262 Å². The van der Waals surface area contributed by atoms with Gasteiger partial charge in [-0.05, 0) is 84.0 Å². The van der Waals surface area contributed by atoms with Crippen molar-refractivity contribution in [3.05, 3.63) is 102 Å². The Balaban J connectivity index is 0.996. The fraction of sp³-hybridized carbons (Fsp3) is 0.314. The van der Waals surface area contributed by atoms with Crippen molar-refractivity contribution in [3.8, 4) is 16.9 Å². The van der Waals surface area contributed by atoms with Crippen molar-refractivity contribution in [2.75, 3.05) is 44.6 Å². The summed E-state index contributed by atoms with van der Waals surface area (Å²) in [6.45, 7) is 8.30. The molecule has 2 aliphatic rings. The van der Waals surface area contributed by atoms with E-state index in [4.69, 9.17) is 16.3 Å². The second-order valence-corrected chi connectivity index (χ2v) is 12.3. The van der Waals surface area contributed by atoms with Gasteiger partial charge in [0.15, 0.2) is 0 Å². The van der Waals surface area contributed by atoms with Gasteiger partial charge in [0.1, 0.15) is 30.3 Å². The average Bonchev–Trinajstić information content (AvgIpc) is 3.73. The lowest BCUT2D eigenvalue weighted by atomic mass is 10.1. The Morgan fingerprint density at radius 1 is 0.886 bits per heavy atom. The molecule has 1 N–H and O–H groups in total. The zero-order chi connectivity index (χ0) is 29.9. The lowest BCUT2D eigenvalue weighted by Crippen LogP contribution is -2.47. The average molecular weight is 611 g/mol. The summed E-state index contributed by atoms with van der Waals surface area (Å²) in [7, 11) is 0. The van der Waals surface area contributed by atoms with Gasteiger partial charge in [0.2, 0.25) is 0 Å². The molecular weight excluding hydrogens is 575 g/mol. The molecule has 0 unspecified atom stereocenters. The van der Waals surface area contributed by atoms with E-state index in [9.17, 15) is 4.39 Å². The van der Waals surface area contributed by atoms with E-state index < -0.39 is 0 Å². The van der Waals surface area contributed by atoms with E-state index in [1.165, 1.54) is 50.2 Å². The number of nitrogens with one attached hydrogen (secondary N) is 1. The highest BCUT2D eigenvalue weighted by Gasteiger charge is 2.26. The van der Waals surface area contributed by atoms with Crippen molar-refractivity contribution in [1.82, 2.24) is 24.3 Å². The minimum atomic E-state index is -0.294. The fourth-order valence-corrected chi connectivity index (χ4v) is 6.06. The molecule has 7 rings (SSSR count). The molecule has 1 saturated heterocycles. The van der Waals surface area contributed by atoms with Crippen LogP contribution in [0.5, 0.6) is 5.75 Å². The summed E-state index contributed by atoms with van der Waals surface area (Å²) >= 11 is 6.54. The molecule has 1 aliphatic heterocycles.